The van der Waals surface area contributed by atoms with Crippen LogP contribution in [0, 0.1) is 0 Å². The lowest BCUT2D eigenvalue weighted by Crippen LogP contribution is -2.41. The maximum absolute atomic E-state index is 10.3. The fourth-order valence-corrected chi connectivity index (χ4v) is 1.04. The van der Waals surface area contributed by atoms with Gasteiger partial charge in [-0.25, -0.2) is 0 Å². The third kappa shape index (κ3) is 4.58. The van der Waals surface area contributed by atoms with Crippen molar-refractivity contribution in [3.05, 3.63) is 0 Å². The summed E-state index contributed by atoms with van der Waals surface area (Å²) < 4.78 is 4.39. The van der Waals surface area contributed by atoms with Crippen molar-refractivity contribution in [2.75, 3.05) is 6.61 Å². The Bertz CT molecular complexity index is 156. The Hall–Kier alpha value is -0.140. The SMILES string of the molecule is NP(O)O[C@@H](C=O)[C@H](O)[C@H](O)CO. The van der Waals surface area contributed by atoms with E-state index in [9.17, 15) is 4.79 Å². The zero-order valence-corrected chi connectivity index (χ0v) is 7.54. The lowest BCUT2D eigenvalue weighted by atomic mass is 10.1. The quantitative estimate of drug-likeness (QED) is 0.242. The van der Waals surface area contributed by atoms with Gasteiger partial charge in [-0.15, -0.1) is 0 Å². The molecule has 7 nitrogen and oxygen atoms in total. The van der Waals surface area contributed by atoms with Gasteiger partial charge in [0.15, 0.2) is 6.29 Å². The molecule has 13 heavy (non-hydrogen) atoms. The van der Waals surface area contributed by atoms with Crippen LogP contribution in [0.4, 0.5) is 0 Å². The normalized spacial score (nSPS) is 20.4. The predicted molar refractivity (Wildman–Crippen MR) is 43.4 cm³/mol. The van der Waals surface area contributed by atoms with Crippen molar-refractivity contribution < 1.29 is 29.5 Å². The lowest BCUT2D eigenvalue weighted by molar-refractivity contribution is -0.125. The van der Waals surface area contributed by atoms with E-state index in [-0.39, 0.29) is 6.29 Å². The van der Waals surface area contributed by atoms with Crippen LogP contribution in [-0.2, 0) is 9.32 Å². The average molecular weight is 213 g/mol. The second kappa shape index (κ2) is 6.33. The summed E-state index contributed by atoms with van der Waals surface area (Å²) in [6.45, 7) is -0.719. The molecule has 0 aromatic rings. The lowest BCUT2D eigenvalue weighted by Gasteiger charge is -2.21. The Morgan fingerprint density at radius 2 is 2.08 bits per heavy atom. The van der Waals surface area contributed by atoms with Crippen LogP contribution in [0.3, 0.4) is 0 Å². The molecule has 0 rings (SSSR count). The summed E-state index contributed by atoms with van der Waals surface area (Å²) in [5.74, 6) is 0. The van der Waals surface area contributed by atoms with Gasteiger partial charge in [0.05, 0.1) is 6.61 Å². The van der Waals surface area contributed by atoms with Gasteiger partial charge in [-0.3, -0.25) is 5.50 Å². The number of aldehydes is 1. The highest BCUT2D eigenvalue weighted by molar-refractivity contribution is 7.43. The number of hydrogen-bond acceptors (Lipinski definition) is 7. The molecule has 6 N–H and O–H groups in total. The molecule has 0 aromatic carbocycles. The third-order valence-corrected chi connectivity index (χ3v) is 1.74. The van der Waals surface area contributed by atoms with Crippen molar-refractivity contribution in [3.8, 4) is 0 Å². The van der Waals surface area contributed by atoms with Crippen LogP contribution >= 0.6 is 8.53 Å². The van der Waals surface area contributed by atoms with Gasteiger partial charge >= 0.3 is 0 Å². The van der Waals surface area contributed by atoms with Crippen molar-refractivity contribution in [2.45, 2.75) is 18.3 Å². The molecule has 4 atom stereocenters. The van der Waals surface area contributed by atoms with Gasteiger partial charge in [0.1, 0.15) is 18.3 Å². The fourth-order valence-electron chi connectivity index (χ4n) is 0.619. The van der Waals surface area contributed by atoms with Gasteiger partial charge in [0, 0.05) is 0 Å². The van der Waals surface area contributed by atoms with Crippen molar-refractivity contribution >= 4 is 14.8 Å². The van der Waals surface area contributed by atoms with E-state index in [4.69, 9.17) is 25.7 Å². The molecule has 0 aliphatic rings. The second-order valence-electron chi connectivity index (χ2n) is 2.25. The highest BCUT2D eigenvalue weighted by Gasteiger charge is 2.27. The average Bonchev–Trinajstić information content (AvgIpc) is 2.11. The highest BCUT2D eigenvalue weighted by Crippen LogP contribution is 2.23. The molecular formula is C5H12NO6P. The minimum atomic E-state index is -2.29. The zero-order chi connectivity index (χ0) is 10.4. The summed E-state index contributed by atoms with van der Waals surface area (Å²) in [7, 11) is -2.29. The third-order valence-electron chi connectivity index (χ3n) is 1.28. The molecule has 0 aliphatic carbocycles. The summed E-state index contributed by atoms with van der Waals surface area (Å²) in [5, 5.41) is 26.4. The van der Waals surface area contributed by atoms with Crippen LogP contribution in [-0.4, -0.2) is 51.4 Å². The molecule has 78 valence electrons. The van der Waals surface area contributed by atoms with E-state index in [1.807, 2.05) is 0 Å². The van der Waals surface area contributed by atoms with Crippen molar-refractivity contribution in [2.24, 2.45) is 5.50 Å². The van der Waals surface area contributed by atoms with Crippen LogP contribution in [0.1, 0.15) is 0 Å². The Morgan fingerprint density at radius 3 is 2.38 bits per heavy atom. The van der Waals surface area contributed by atoms with E-state index < -0.39 is 33.4 Å². The minimum Gasteiger partial charge on any atom is -0.394 e. The number of aliphatic hydroxyl groups is 3. The Morgan fingerprint density at radius 1 is 1.54 bits per heavy atom. The molecule has 0 spiro atoms. The molecule has 0 saturated heterocycles. The van der Waals surface area contributed by atoms with Gasteiger partial charge in [-0.2, -0.15) is 0 Å². The van der Waals surface area contributed by atoms with Gasteiger partial charge < -0.3 is 29.5 Å². The number of hydrogen-bond donors (Lipinski definition) is 5. The van der Waals surface area contributed by atoms with Crippen molar-refractivity contribution in [1.82, 2.24) is 0 Å². The van der Waals surface area contributed by atoms with Crippen LogP contribution in [0.15, 0.2) is 0 Å². The minimum absolute atomic E-state index is 0.183. The number of carbonyl (C=O) groups is 1. The van der Waals surface area contributed by atoms with Crippen LogP contribution in [0.25, 0.3) is 0 Å². The van der Waals surface area contributed by atoms with Crippen LogP contribution in [0.2, 0.25) is 0 Å². The topological polar surface area (TPSA) is 133 Å². The maximum Gasteiger partial charge on any atom is 0.250 e. The van der Waals surface area contributed by atoms with Crippen molar-refractivity contribution in [1.29, 1.82) is 0 Å². The number of rotatable bonds is 6. The predicted octanol–water partition coefficient (Wildman–Crippen LogP) is -2.54. The molecule has 0 heterocycles. The summed E-state index contributed by atoms with van der Waals surface area (Å²) in [6.07, 6.45) is -4.38. The van der Waals surface area contributed by atoms with E-state index in [2.05, 4.69) is 4.52 Å². The largest absolute Gasteiger partial charge is 0.394 e. The maximum atomic E-state index is 10.3. The molecule has 0 bridgehead atoms. The highest BCUT2D eigenvalue weighted by atomic mass is 31.2. The van der Waals surface area contributed by atoms with E-state index in [1.165, 1.54) is 0 Å². The molecular weight excluding hydrogens is 201 g/mol. The first-order valence-corrected chi connectivity index (χ1v) is 4.63. The molecule has 0 fully saturated rings. The Labute approximate surface area is 75.7 Å². The summed E-state index contributed by atoms with van der Waals surface area (Å²) in [6, 6.07) is 0. The van der Waals surface area contributed by atoms with Gasteiger partial charge in [-0.05, 0) is 0 Å². The summed E-state index contributed by atoms with van der Waals surface area (Å²) >= 11 is 0. The smallest absolute Gasteiger partial charge is 0.250 e. The summed E-state index contributed by atoms with van der Waals surface area (Å²) in [5.41, 5.74) is 4.83. The monoisotopic (exact) mass is 213 g/mol. The Kier molecular flexibility index (Phi) is 6.27. The molecule has 0 radical (unpaired) electrons. The molecule has 0 aliphatic heterocycles. The van der Waals surface area contributed by atoms with E-state index in [0.717, 1.165) is 0 Å². The fraction of sp³-hybridized carbons (Fsp3) is 0.800. The molecule has 0 saturated carbocycles. The van der Waals surface area contributed by atoms with Gasteiger partial charge in [0.25, 0.3) is 8.53 Å². The molecule has 0 amide bonds. The number of carbonyl (C=O) groups excluding carboxylic acids is 1. The van der Waals surface area contributed by atoms with Gasteiger partial charge in [0.2, 0.25) is 0 Å². The first-order chi connectivity index (χ1) is 6.02. The van der Waals surface area contributed by atoms with Gasteiger partial charge in [-0.1, -0.05) is 0 Å². The molecule has 8 heteroatoms. The number of nitrogens with two attached hydrogens (primary N) is 1. The van der Waals surface area contributed by atoms with Crippen molar-refractivity contribution in [3.63, 3.8) is 0 Å². The standard InChI is InChI=1S/C5H12NO6P/c6-13(11)12-4(2-8)5(10)3(9)1-7/h2-5,7,9-11H,1,6H2/t3-,4+,5-,13?/m1/s1. The van der Waals surface area contributed by atoms with Crippen LogP contribution in [0.5, 0.6) is 0 Å². The number of aliphatic hydroxyl groups excluding tert-OH is 3. The Balaban J connectivity index is 4.13. The first kappa shape index (κ1) is 12.9. The molecule has 1 unspecified atom stereocenters. The molecule has 0 aromatic heterocycles. The van der Waals surface area contributed by atoms with E-state index in [0.29, 0.717) is 0 Å². The van der Waals surface area contributed by atoms with E-state index in [1.54, 1.807) is 0 Å². The second-order valence-corrected chi connectivity index (χ2v) is 3.07. The van der Waals surface area contributed by atoms with E-state index >= 15 is 0 Å². The summed E-state index contributed by atoms with van der Waals surface area (Å²) in [4.78, 5) is 18.8. The zero-order valence-electron chi connectivity index (χ0n) is 6.65. The first-order valence-electron chi connectivity index (χ1n) is 3.35. The van der Waals surface area contributed by atoms with Crippen LogP contribution < -0.4 is 5.50 Å².